The lowest BCUT2D eigenvalue weighted by atomic mass is 10.3. The van der Waals surface area contributed by atoms with E-state index in [0.717, 1.165) is 5.69 Å². The molecule has 1 rings (SSSR count). The Kier molecular flexibility index (Phi) is 0.984. The molecule has 0 aliphatic heterocycles. The molecule has 0 aliphatic carbocycles. The molecule has 1 aromatic rings. The zero-order valence-corrected chi connectivity index (χ0v) is 3.96. The normalized spacial score (nSPS) is 8.57. The first-order valence-corrected chi connectivity index (χ1v) is 2.20. The van der Waals surface area contributed by atoms with Crippen LogP contribution in [-0.2, 0) is 0 Å². The van der Waals surface area contributed by atoms with Gasteiger partial charge in [-0.05, 0) is 12.1 Å². The van der Waals surface area contributed by atoms with E-state index in [2.05, 4.69) is 0 Å². The molecular weight excluding hydrogens is 86.1 g/mol. The van der Waals surface area contributed by atoms with E-state index in [1.807, 2.05) is 30.3 Å². The van der Waals surface area contributed by atoms with Crippen LogP contribution >= 0.6 is 0 Å². The topological polar surface area (TPSA) is 26.0 Å². The van der Waals surface area contributed by atoms with Gasteiger partial charge in [0, 0.05) is 5.69 Å². The molecule has 7 heavy (non-hydrogen) atoms. The molecule has 1 aromatic carbocycles. The summed E-state index contributed by atoms with van der Waals surface area (Å²) in [7, 11) is 0. The average Bonchev–Trinajstić information content (AvgIpc) is 1.69. The van der Waals surface area contributed by atoms with Crippen LogP contribution in [0.4, 0.5) is 5.69 Å². The lowest BCUT2D eigenvalue weighted by molar-refractivity contribution is 1.69. The zero-order valence-electron chi connectivity index (χ0n) is 3.96. The molecule has 0 saturated carbocycles. The number of rotatable bonds is 0. The number of anilines is 1. The highest BCUT2D eigenvalue weighted by molar-refractivity contribution is 5.35. The number of hydrogen-bond donors (Lipinski definition) is 1. The van der Waals surface area contributed by atoms with Gasteiger partial charge in [0.2, 0.25) is 0 Å². The molecule has 0 aromatic heterocycles. The maximum absolute atomic E-state index is 5.36. The molecule has 0 bridgehead atoms. The van der Waals surface area contributed by atoms with Crippen LogP contribution in [0.15, 0.2) is 30.3 Å². The van der Waals surface area contributed by atoms with E-state index in [9.17, 15) is 0 Å². The molecule has 0 fully saturated rings. The summed E-state index contributed by atoms with van der Waals surface area (Å²) < 4.78 is 0. The van der Waals surface area contributed by atoms with Gasteiger partial charge in [0.25, 0.3) is 0 Å². The molecule has 1 heteroatoms. The number of hydrogen-bond acceptors (Lipinski definition) is 1. The van der Waals surface area contributed by atoms with Crippen LogP contribution in [-0.4, -0.2) is 0 Å². The van der Waals surface area contributed by atoms with Gasteiger partial charge in [0.05, 0.1) is 0 Å². The van der Waals surface area contributed by atoms with Crippen LogP contribution in [0.2, 0.25) is 0 Å². The Hall–Kier alpha value is -0.980. The van der Waals surface area contributed by atoms with E-state index < -0.39 is 0 Å². The van der Waals surface area contributed by atoms with Crippen molar-refractivity contribution in [2.75, 3.05) is 5.73 Å². The molecule has 0 atom stereocenters. The van der Waals surface area contributed by atoms with Crippen molar-refractivity contribution in [3.8, 4) is 0 Å². The number of nitrogens with two attached hydrogens (primary N) is 1. The fourth-order valence-corrected chi connectivity index (χ4v) is 0.453. The predicted molar refractivity (Wildman–Crippen MR) is 30.9 cm³/mol. The van der Waals surface area contributed by atoms with Crippen molar-refractivity contribution in [3.63, 3.8) is 0 Å². The zero-order chi connectivity index (χ0) is 5.11. The second-order valence-electron chi connectivity index (χ2n) is 1.41. The molecule has 1 nitrogen and oxygen atoms in total. The number of nitrogen functional groups attached to an aromatic ring is 1. The smallest absolute Gasteiger partial charge is 0.0313 e. The second kappa shape index (κ2) is 1.65. The summed E-state index contributed by atoms with van der Waals surface area (Å²) in [6, 6.07) is 9.49. The van der Waals surface area contributed by atoms with Crippen molar-refractivity contribution in [1.29, 1.82) is 0 Å². The summed E-state index contributed by atoms with van der Waals surface area (Å²) in [5, 5.41) is 0. The summed E-state index contributed by atoms with van der Waals surface area (Å²) in [4.78, 5) is 0. The van der Waals surface area contributed by atoms with Crippen LogP contribution in [0.25, 0.3) is 0 Å². The summed E-state index contributed by atoms with van der Waals surface area (Å²) in [5.74, 6) is 0. The summed E-state index contributed by atoms with van der Waals surface area (Å²) in [6.45, 7) is 0. The predicted octanol–water partition coefficient (Wildman–Crippen LogP) is 1.27. The van der Waals surface area contributed by atoms with Crippen molar-refractivity contribution in [1.82, 2.24) is 0 Å². The maximum atomic E-state index is 5.36. The Labute approximate surface area is 42.8 Å². The van der Waals surface area contributed by atoms with Crippen molar-refractivity contribution in [3.05, 3.63) is 30.3 Å². The standard InChI is InChI=1S/C6H7N/c7-6-4-2-1-3-5-6/h1-5H,7H2/i7+0. The molecule has 0 radical (unpaired) electrons. The highest BCUT2D eigenvalue weighted by atomic mass is 14.5. The van der Waals surface area contributed by atoms with Gasteiger partial charge in [0.1, 0.15) is 0 Å². The first kappa shape index (κ1) is 4.19. The Balaban J connectivity index is 3.02. The van der Waals surface area contributed by atoms with E-state index in [1.54, 1.807) is 0 Å². The number of para-hydroxylation sites is 1. The molecule has 0 unspecified atom stereocenters. The van der Waals surface area contributed by atoms with Gasteiger partial charge in [0.15, 0.2) is 0 Å². The molecular formula is C6H7N. The van der Waals surface area contributed by atoms with Crippen molar-refractivity contribution < 1.29 is 0 Å². The molecule has 0 saturated heterocycles. The minimum absolute atomic E-state index is 0.822. The minimum Gasteiger partial charge on any atom is -0.399 e. The first-order valence-electron chi connectivity index (χ1n) is 2.20. The van der Waals surface area contributed by atoms with E-state index in [1.165, 1.54) is 0 Å². The molecule has 0 spiro atoms. The van der Waals surface area contributed by atoms with Crippen LogP contribution in [0.5, 0.6) is 0 Å². The molecule has 0 aliphatic rings. The van der Waals surface area contributed by atoms with Crippen molar-refractivity contribution in [2.24, 2.45) is 0 Å². The second-order valence-corrected chi connectivity index (χ2v) is 1.41. The van der Waals surface area contributed by atoms with Gasteiger partial charge >= 0.3 is 0 Å². The Morgan fingerprint density at radius 2 is 1.57 bits per heavy atom. The van der Waals surface area contributed by atoms with E-state index in [-0.39, 0.29) is 0 Å². The van der Waals surface area contributed by atoms with Crippen molar-refractivity contribution >= 4 is 5.69 Å². The third-order valence-corrected chi connectivity index (χ3v) is 0.800. The van der Waals surface area contributed by atoms with E-state index in [0.29, 0.717) is 0 Å². The largest absolute Gasteiger partial charge is 0.399 e. The Morgan fingerprint density at radius 3 is 1.86 bits per heavy atom. The molecule has 2 N–H and O–H groups in total. The number of benzene rings is 1. The monoisotopic (exact) mass is 93.1 g/mol. The van der Waals surface area contributed by atoms with E-state index >= 15 is 0 Å². The molecule has 36 valence electrons. The van der Waals surface area contributed by atoms with Crippen LogP contribution < -0.4 is 5.73 Å². The van der Waals surface area contributed by atoms with Gasteiger partial charge < -0.3 is 5.73 Å². The van der Waals surface area contributed by atoms with Crippen LogP contribution in [0, 0.1) is 0 Å². The third kappa shape index (κ3) is 0.929. The van der Waals surface area contributed by atoms with Crippen LogP contribution in [0.3, 0.4) is 0 Å². The highest BCUT2D eigenvalue weighted by Gasteiger charge is 1.72. The maximum Gasteiger partial charge on any atom is 0.0313 e. The van der Waals surface area contributed by atoms with Crippen molar-refractivity contribution in [2.45, 2.75) is 0 Å². The minimum atomic E-state index is 0.822. The first-order chi connectivity index (χ1) is 3.39. The quantitative estimate of drug-likeness (QED) is 0.480. The fraction of sp³-hybridized carbons (Fsp3) is 0. The average molecular weight is 93.1 g/mol. The Bertz CT molecular complexity index is 134. The van der Waals surface area contributed by atoms with Gasteiger partial charge in [-0.1, -0.05) is 18.2 Å². The third-order valence-electron chi connectivity index (χ3n) is 0.800. The molecule has 0 heterocycles. The van der Waals surface area contributed by atoms with Gasteiger partial charge in [-0.3, -0.25) is 0 Å². The summed E-state index contributed by atoms with van der Waals surface area (Å²) in [6.07, 6.45) is 0. The SMILES string of the molecule is [14NH2]c1ccccc1. The summed E-state index contributed by atoms with van der Waals surface area (Å²) in [5.41, 5.74) is 6.18. The van der Waals surface area contributed by atoms with Crippen LogP contribution in [0.1, 0.15) is 0 Å². The van der Waals surface area contributed by atoms with Gasteiger partial charge in [-0.2, -0.15) is 0 Å². The lowest BCUT2D eigenvalue weighted by Crippen LogP contribution is -1.79. The molecule has 0 amide bonds. The highest BCUT2D eigenvalue weighted by Crippen LogP contribution is 1.95. The lowest BCUT2D eigenvalue weighted by Gasteiger charge is -1.83. The summed E-state index contributed by atoms with van der Waals surface area (Å²) >= 11 is 0. The fourth-order valence-electron chi connectivity index (χ4n) is 0.453. The van der Waals surface area contributed by atoms with Gasteiger partial charge in [-0.25, -0.2) is 0 Å². The Morgan fingerprint density at radius 1 is 1.00 bits per heavy atom. The van der Waals surface area contributed by atoms with E-state index in [4.69, 9.17) is 5.73 Å². The van der Waals surface area contributed by atoms with Gasteiger partial charge in [-0.15, -0.1) is 0 Å².